The monoisotopic (exact) mass is 382 g/mol. The van der Waals surface area contributed by atoms with Gasteiger partial charge in [-0.05, 0) is 47.5 Å². The fraction of sp³-hybridized carbons (Fsp3) is 0.136. The number of benzene rings is 2. The smallest absolute Gasteiger partial charge is 0.182 e. The summed E-state index contributed by atoms with van der Waals surface area (Å²) in [6.07, 6.45) is 6.97. The van der Waals surface area contributed by atoms with Gasteiger partial charge in [0, 0.05) is 6.08 Å². The van der Waals surface area contributed by atoms with Crippen LogP contribution < -0.4 is 14.2 Å². The summed E-state index contributed by atoms with van der Waals surface area (Å²) in [5, 5.41) is 19.6. The van der Waals surface area contributed by atoms with E-state index in [9.17, 15) is 15.0 Å². The molecule has 0 saturated heterocycles. The molecule has 2 aromatic rings. The first kappa shape index (κ1) is 20.6. The van der Waals surface area contributed by atoms with Crippen molar-refractivity contribution in [2.45, 2.75) is 0 Å². The Morgan fingerprint density at radius 3 is 2.00 bits per heavy atom. The van der Waals surface area contributed by atoms with Gasteiger partial charge in [-0.1, -0.05) is 24.3 Å². The lowest BCUT2D eigenvalue weighted by atomic mass is 10.1. The first-order chi connectivity index (χ1) is 13.5. The van der Waals surface area contributed by atoms with E-state index in [1.165, 1.54) is 32.4 Å². The number of hydrogen-bond acceptors (Lipinski definition) is 6. The molecule has 0 bridgehead atoms. The molecule has 0 heterocycles. The van der Waals surface area contributed by atoms with Crippen molar-refractivity contribution in [1.82, 2.24) is 0 Å². The summed E-state index contributed by atoms with van der Waals surface area (Å²) in [5.74, 6) is 0.903. The summed E-state index contributed by atoms with van der Waals surface area (Å²) in [7, 11) is 4.54. The molecule has 0 atom stereocenters. The van der Waals surface area contributed by atoms with Crippen molar-refractivity contribution in [3.63, 3.8) is 0 Å². The quantitative estimate of drug-likeness (QED) is 0.405. The van der Waals surface area contributed by atoms with Gasteiger partial charge in [0.2, 0.25) is 0 Å². The molecule has 0 aliphatic rings. The molecule has 0 aliphatic heterocycles. The van der Waals surface area contributed by atoms with Crippen LogP contribution in [0.4, 0.5) is 0 Å². The van der Waals surface area contributed by atoms with E-state index in [4.69, 9.17) is 14.2 Å². The molecule has 6 nitrogen and oxygen atoms in total. The maximum absolute atomic E-state index is 12.0. The summed E-state index contributed by atoms with van der Waals surface area (Å²) in [6.45, 7) is 0. The first-order valence-corrected chi connectivity index (χ1v) is 8.36. The van der Waals surface area contributed by atoms with Crippen LogP contribution in [0.2, 0.25) is 0 Å². The van der Waals surface area contributed by atoms with E-state index in [1.54, 1.807) is 49.6 Å². The molecule has 0 aliphatic carbocycles. The topological polar surface area (TPSA) is 85.2 Å². The van der Waals surface area contributed by atoms with E-state index in [0.717, 1.165) is 11.6 Å². The maximum atomic E-state index is 12.0. The highest BCUT2D eigenvalue weighted by molar-refractivity contribution is 6.02. The van der Waals surface area contributed by atoms with Crippen LogP contribution in [-0.2, 0) is 4.79 Å². The van der Waals surface area contributed by atoms with Crippen LogP contribution in [0.15, 0.2) is 60.4 Å². The minimum absolute atomic E-state index is 0.0120. The average molecular weight is 382 g/mol. The fourth-order valence-corrected chi connectivity index (χ4v) is 2.37. The Bertz CT molecular complexity index is 925. The molecular weight excluding hydrogens is 360 g/mol. The van der Waals surface area contributed by atoms with Gasteiger partial charge in [-0.25, -0.2) is 0 Å². The van der Waals surface area contributed by atoms with Crippen LogP contribution >= 0.6 is 0 Å². The number of methoxy groups -OCH3 is 3. The Kier molecular flexibility index (Phi) is 7.28. The third-order valence-electron chi connectivity index (χ3n) is 3.79. The highest BCUT2D eigenvalue weighted by Crippen LogP contribution is 2.28. The van der Waals surface area contributed by atoms with Gasteiger partial charge in [0.1, 0.15) is 5.76 Å². The summed E-state index contributed by atoms with van der Waals surface area (Å²) >= 11 is 0. The van der Waals surface area contributed by atoms with Gasteiger partial charge in [0.15, 0.2) is 28.8 Å². The zero-order valence-corrected chi connectivity index (χ0v) is 15.9. The van der Waals surface area contributed by atoms with Crippen LogP contribution in [0.3, 0.4) is 0 Å². The molecule has 2 rings (SSSR count). The predicted octanol–water partition coefficient (Wildman–Crippen LogP) is 4.16. The SMILES string of the molecule is COc1ccc(/C=C/C(O)=CC(=O)/C=C/c2ccc(OC)c(OC)c2)cc1O. The number of hydrogen-bond donors (Lipinski definition) is 2. The minimum Gasteiger partial charge on any atom is -0.508 e. The van der Waals surface area contributed by atoms with Crippen LogP contribution in [0.25, 0.3) is 12.2 Å². The van der Waals surface area contributed by atoms with E-state index in [2.05, 4.69) is 0 Å². The van der Waals surface area contributed by atoms with Crippen molar-refractivity contribution >= 4 is 17.9 Å². The van der Waals surface area contributed by atoms with Gasteiger partial charge in [-0.15, -0.1) is 0 Å². The standard InChI is InChI=1S/C22H22O6/c1-26-20-10-6-15(12-19(20)25)4-8-17(23)14-18(24)9-5-16-7-11-21(27-2)22(13-16)28-3/h4-14,23,25H,1-3H3/b8-4+,9-5+,17-14?. The average Bonchev–Trinajstić information content (AvgIpc) is 2.70. The van der Waals surface area contributed by atoms with Crippen LogP contribution in [0, 0.1) is 0 Å². The lowest BCUT2D eigenvalue weighted by molar-refractivity contribution is -0.110. The maximum Gasteiger partial charge on any atom is 0.182 e. The lowest BCUT2D eigenvalue weighted by Gasteiger charge is -2.07. The molecule has 28 heavy (non-hydrogen) atoms. The molecule has 0 spiro atoms. The van der Waals surface area contributed by atoms with Crippen molar-refractivity contribution in [3.05, 3.63) is 71.5 Å². The number of carbonyl (C=O) groups is 1. The summed E-state index contributed by atoms with van der Waals surface area (Å²) in [5.41, 5.74) is 1.40. The molecule has 6 heteroatoms. The molecule has 0 amide bonds. The zero-order valence-electron chi connectivity index (χ0n) is 15.9. The molecule has 0 unspecified atom stereocenters. The second kappa shape index (κ2) is 9.87. The number of rotatable bonds is 8. The van der Waals surface area contributed by atoms with Gasteiger partial charge in [-0.2, -0.15) is 0 Å². The van der Waals surface area contributed by atoms with Gasteiger partial charge < -0.3 is 24.4 Å². The van der Waals surface area contributed by atoms with Crippen molar-refractivity contribution in [3.8, 4) is 23.0 Å². The highest BCUT2D eigenvalue weighted by Gasteiger charge is 2.03. The number of aliphatic hydroxyl groups is 1. The molecule has 2 aromatic carbocycles. The molecule has 0 radical (unpaired) electrons. The Morgan fingerprint density at radius 2 is 1.39 bits per heavy atom. The van der Waals surface area contributed by atoms with Crippen LogP contribution in [0.1, 0.15) is 11.1 Å². The molecule has 2 N–H and O–H groups in total. The van der Waals surface area contributed by atoms with E-state index in [1.807, 2.05) is 0 Å². The normalized spacial score (nSPS) is 11.8. The van der Waals surface area contributed by atoms with E-state index >= 15 is 0 Å². The second-order valence-electron chi connectivity index (χ2n) is 5.68. The number of phenolic OH excluding ortho intramolecular Hbond substituents is 1. The van der Waals surface area contributed by atoms with Gasteiger partial charge in [-0.3, -0.25) is 4.79 Å². The van der Waals surface area contributed by atoms with Crippen LogP contribution in [0.5, 0.6) is 23.0 Å². The number of aromatic hydroxyl groups is 1. The van der Waals surface area contributed by atoms with Crippen molar-refractivity contribution in [1.29, 1.82) is 0 Å². The molecule has 146 valence electrons. The number of ketones is 1. The molecule has 0 fully saturated rings. The molecule has 0 saturated carbocycles. The number of ether oxygens (including phenoxy) is 3. The Morgan fingerprint density at radius 1 is 0.821 bits per heavy atom. The van der Waals surface area contributed by atoms with Gasteiger partial charge in [0.25, 0.3) is 0 Å². The number of allylic oxidation sites excluding steroid dienone is 3. The van der Waals surface area contributed by atoms with Crippen molar-refractivity contribution < 1.29 is 29.2 Å². The van der Waals surface area contributed by atoms with Crippen LogP contribution in [-0.4, -0.2) is 37.3 Å². The number of phenols is 1. The van der Waals surface area contributed by atoms with E-state index < -0.39 is 0 Å². The molecular formula is C22H22O6. The Hall–Kier alpha value is -3.67. The Balaban J connectivity index is 2.05. The van der Waals surface area contributed by atoms with Gasteiger partial charge >= 0.3 is 0 Å². The summed E-state index contributed by atoms with van der Waals surface area (Å²) in [6, 6.07) is 10.1. The van der Waals surface area contributed by atoms with E-state index in [-0.39, 0.29) is 17.3 Å². The number of carbonyl (C=O) groups excluding carboxylic acids is 1. The van der Waals surface area contributed by atoms with Crippen molar-refractivity contribution in [2.24, 2.45) is 0 Å². The third-order valence-corrected chi connectivity index (χ3v) is 3.79. The Labute approximate surface area is 163 Å². The predicted molar refractivity (Wildman–Crippen MR) is 108 cm³/mol. The second-order valence-corrected chi connectivity index (χ2v) is 5.68. The zero-order chi connectivity index (χ0) is 20.5. The first-order valence-electron chi connectivity index (χ1n) is 8.36. The third kappa shape index (κ3) is 5.67. The summed E-state index contributed by atoms with van der Waals surface area (Å²) in [4.78, 5) is 12.0. The van der Waals surface area contributed by atoms with E-state index in [0.29, 0.717) is 22.8 Å². The lowest BCUT2D eigenvalue weighted by Crippen LogP contribution is -1.91. The fourth-order valence-electron chi connectivity index (χ4n) is 2.37. The summed E-state index contributed by atoms with van der Waals surface area (Å²) < 4.78 is 15.3. The largest absolute Gasteiger partial charge is 0.508 e. The minimum atomic E-state index is -0.380. The van der Waals surface area contributed by atoms with Gasteiger partial charge in [0.05, 0.1) is 21.3 Å². The van der Waals surface area contributed by atoms with Crippen molar-refractivity contribution in [2.75, 3.05) is 21.3 Å². The highest BCUT2D eigenvalue weighted by atomic mass is 16.5. The number of aliphatic hydroxyl groups excluding tert-OH is 1. The molecule has 0 aromatic heterocycles.